The zero-order chi connectivity index (χ0) is 13.0. The number of ketones is 1. The van der Waals surface area contributed by atoms with Gasteiger partial charge in [-0.3, -0.25) is 19.5 Å². The summed E-state index contributed by atoms with van der Waals surface area (Å²) in [6.07, 6.45) is 0.171. The van der Waals surface area contributed by atoms with E-state index in [9.17, 15) is 14.4 Å². The molecule has 0 radical (unpaired) electrons. The van der Waals surface area contributed by atoms with Crippen LogP contribution in [0.2, 0.25) is 0 Å². The van der Waals surface area contributed by atoms with Gasteiger partial charge in [-0.15, -0.1) is 0 Å². The third-order valence-corrected chi connectivity index (χ3v) is 2.55. The fourth-order valence-corrected chi connectivity index (χ4v) is 1.61. The fraction of sp³-hybridized carbons (Fsp3) is 0.154. The van der Waals surface area contributed by atoms with Crippen LogP contribution in [-0.4, -0.2) is 15.6 Å². The molecule has 5 nitrogen and oxygen atoms in total. The monoisotopic (exact) mass is 244 g/mol. The molecule has 2 rings (SSSR count). The lowest BCUT2D eigenvalue weighted by molar-refractivity contribution is 0.0975. The summed E-state index contributed by atoms with van der Waals surface area (Å²) in [6.45, 7) is 0.169. The third kappa shape index (κ3) is 2.82. The van der Waals surface area contributed by atoms with Crippen LogP contribution in [-0.2, 0) is 6.54 Å². The van der Waals surface area contributed by atoms with Crippen molar-refractivity contribution in [3.63, 3.8) is 0 Å². The molecule has 0 fully saturated rings. The van der Waals surface area contributed by atoms with E-state index in [2.05, 4.69) is 5.10 Å². The predicted octanol–water partition coefficient (Wildman–Crippen LogP) is 0.810. The number of aryl methyl sites for hydroxylation is 1. The Kier molecular flexibility index (Phi) is 3.52. The second kappa shape index (κ2) is 5.27. The van der Waals surface area contributed by atoms with E-state index in [1.807, 2.05) is 6.07 Å². The van der Waals surface area contributed by atoms with Gasteiger partial charge in [0.15, 0.2) is 5.78 Å². The maximum atomic E-state index is 11.8. The van der Waals surface area contributed by atoms with E-state index in [0.717, 1.165) is 10.7 Å². The average molecular weight is 244 g/mol. The Morgan fingerprint density at radius 2 is 1.78 bits per heavy atom. The molecule has 0 unspecified atom stereocenters. The number of rotatable bonds is 4. The topological polar surface area (TPSA) is 71.9 Å². The van der Waals surface area contributed by atoms with Crippen molar-refractivity contribution < 1.29 is 4.79 Å². The highest BCUT2D eigenvalue weighted by molar-refractivity contribution is 5.95. The first kappa shape index (κ1) is 12.0. The average Bonchev–Trinajstić information content (AvgIpc) is 2.40. The summed E-state index contributed by atoms with van der Waals surface area (Å²) in [7, 11) is 0. The van der Waals surface area contributed by atoms with E-state index in [4.69, 9.17) is 0 Å². The number of carbonyl (C=O) groups is 1. The lowest BCUT2D eigenvalue weighted by Gasteiger charge is -2.04. The van der Waals surface area contributed by atoms with Gasteiger partial charge in [0.05, 0.1) is 6.54 Å². The molecule has 5 heteroatoms. The van der Waals surface area contributed by atoms with Gasteiger partial charge in [0.25, 0.3) is 11.1 Å². The number of aromatic nitrogens is 2. The van der Waals surface area contributed by atoms with E-state index in [1.54, 1.807) is 24.3 Å². The Balaban J connectivity index is 2.09. The van der Waals surface area contributed by atoms with Gasteiger partial charge in [-0.1, -0.05) is 30.3 Å². The van der Waals surface area contributed by atoms with Gasteiger partial charge >= 0.3 is 0 Å². The summed E-state index contributed by atoms with van der Waals surface area (Å²) in [5.74, 6) is -0.0628. The van der Waals surface area contributed by atoms with Gasteiger partial charge in [-0.25, -0.2) is 4.68 Å². The van der Waals surface area contributed by atoms with Crippen molar-refractivity contribution in [2.45, 2.75) is 13.0 Å². The van der Waals surface area contributed by atoms with E-state index >= 15 is 0 Å². The number of Topliss-reactive ketones (excluding diaryl/α,β-unsaturated/α-hetero) is 1. The fourth-order valence-electron chi connectivity index (χ4n) is 1.61. The van der Waals surface area contributed by atoms with Gasteiger partial charge in [0, 0.05) is 24.1 Å². The summed E-state index contributed by atoms with van der Waals surface area (Å²) >= 11 is 0. The van der Waals surface area contributed by atoms with Crippen LogP contribution in [0.3, 0.4) is 0 Å². The second-order valence-corrected chi connectivity index (χ2v) is 3.84. The van der Waals surface area contributed by atoms with Crippen molar-refractivity contribution in [2.24, 2.45) is 0 Å². The third-order valence-electron chi connectivity index (χ3n) is 2.55. The normalized spacial score (nSPS) is 10.2. The highest BCUT2D eigenvalue weighted by atomic mass is 16.2. The van der Waals surface area contributed by atoms with Gasteiger partial charge in [-0.2, -0.15) is 0 Å². The highest BCUT2D eigenvalue weighted by Crippen LogP contribution is 2.03. The molecule has 0 atom stereocenters. The number of H-pyrrole nitrogens is 1. The molecule has 1 N–H and O–H groups in total. The molecule has 0 aliphatic carbocycles. The molecule has 1 heterocycles. The van der Waals surface area contributed by atoms with E-state index < -0.39 is 0 Å². The summed E-state index contributed by atoms with van der Waals surface area (Å²) in [4.78, 5) is 34.3. The first-order valence-corrected chi connectivity index (χ1v) is 5.55. The van der Waals surface area contributed by atoms with Crippen LogP contribution in [0.15, 0.2) is 52.1 Å². The lowest BCUT2D eigenvalue weighted by Crippen LogP contribution is -2.28. The lowest BCUT2D eigenvalue weighted by atomic mass is 10.1. The number of hydrogen-bond donors (Lipinski definition) is 1. The summed E-state index contributed by atoms with van der Waals surface area (Å²) in [5, 5.41) is 2.38. The largest absolute Gasteiger partial charge is 0.294 e. The van der Waals surface area contributed by atoms with E-state index in [-0.39, 0.29) is 29.9 Å². The van der Waals surface area contributed by atoms with Crippen molar-refractivity contribution in [2.75, 3.05) is 0 Å². The standard InChI is InChI=1S/C13H12N2O3/c16-11(10-4-2-1-3-5-10)8-9-15-13(18)7-6-12(17)14-15/h1-7H,8-9H2,(H,14,17). The Morgan fingerprint density at radius 1 is 1.06 bits per heavy atom. The summed E-state index contributed by atoms with van der Waals surface area (Å²) in [5.41, 5.74) is -0.0824. The van der Waals surface area contributed by atoms with Crippen LogP contribution in [0.1, 0.15) is 16.8 Å². The van der Waals surface area contributed by atoms with Crippen LogP contribution in [0, 0.1) is 0 Å². The zero-order valence-corrected chi connectivity index (χ0v) is 9.63. The van der Waals surface area contributed by atoms with Gasteiger partial charge in [0.2, 0.25) is 0 Å². The number of hydrogen-bond acceptors (Lipinski definition) is 3. The van der Waals surface area contributed by atoms with Crippen molar-refractivity contribution >= 4 is 5.78 Å². The summed E-state index contributed by atoms with van der Waals surface area (Å²) < 4.78 is 1.14. The maximum absolute atomic E-state index is 11.8. The molecule has 2 aromatic rings. The highest BCUT2D eigenvalue weighted by Gasteiger charge is 2.06. The molecule has 0 aliphatic heterocycles. The van der Waals surface area contributed by atoms with Crippen LogP contribution in [0.4, 0.5) is 0 Å². The minimum Gasteiger partial charge on any atom is -0.294 e. The minimum atomic E-state index is -0.359. The first-order valence-electron chi connectivity index (χ1n) is 5.55. The molecule has 1 aromatic carbocycles. The molecule has 0 saturated carbocycles. The molecule has 92 valence electrons. The molecule has 0 amide bonds. The molecular formula is C13H12N2O3. The Hall–Kier alpha value is -2.43. The van der Waals surface area contributed by atoms with Crippen molar-refractivity contribution in [1.29, 1.82) is 0 Å². The molecule has 18 heavy (non-hydrogen) atoms. The Labute approximate surface area is 103 Å². The molecule has 0 saturated heterocycles. The number of carbonyl (C=O) groups excluding carboxylic acids is 1. The quantitative estimate of drug-likeness (QED) is 0.809. The number of aromatic amines is 1. The maximum Gasteiger partial charge on any atom is 0.265 e. The number of nitrogens with zero attached hydrogens (tertiary/aromatic N) is 1. The molecule has 0 aliphatic rings. The molecule has 0 spiro atoms. The van der Waals surface area contributed by atoms with Crippen LogP contribution in [0.25, 0.3) is 0 Å². The molecule has 0 bridgehead atoms. The van der Waals surface area contributed by atoms with Crippen molar-refractivity contribution in [1.82, 2.24) is 9.78 Å². The molecular weight excluding hydrogens is 232 g/mol. The van der Waals surface area contributed by atoms with Crippen LogP contribution >= 0.6 is 0 Å². The van der Waals surface area contributed by atoms with Gasteiger partial charge in [0.1, 0.15) is 0 Å². The van der Waals surface area contributed by atoms with Gasteiger partial charge in [-0.05, 0) is 0 Å². The Morgan fingerprint density at radius 3 is 2.50 bits per heavy atom. The van der Waals surface area contributed by atoms with Crippen LogP contribution < -0.4 is 11.1 Å². The minimum absolute atomic E-state index is 0.0628. The zero-order valence-electron chi connectivity index (χ0n) is 9.63. The SMILES string of the molecule is O=C(CCn1[nH]c(=O)ccc1=O)c1ccccc1. The predicted molar refractivity (Wildman–Crippen MR) is 66.7 cm³/mol. The Bertz CT molecular complexity index is 656. The van der Waals surface area contributed by atoms with E-state index in [1.165, 1.54) is 6.07 Å². The molecule has 1 aromatic heterocycles. The second-order valence-electron chi connectivity index (χ2n) is 3.84. The smallest absolute Gasteiger partial charge is 0.265 e. The number of nitrogens with one attached hydrogen (secondary N) is 1. The van der Waals surface area contributed by atoms with Crippen molar-refractivity contribution in [3.05, 3.63) is 68.7 Å². The number of benzene rings is 1. The van der Waals surface area contributed by atoms with Gasteiger partial charge < -0.3 is 0 Å². The first-order chi connectivity index (χ1) is 8.66. The van der Waals surface area contributed by atoms with Crippen molar-refractivity contribution in [3.8, 4) is 0 Å². The van der Waals surface area contributed by atoms with Crippen LogP contribution in [0.5, 0.6) is 0 Å². The summed E-state index contributed by atoms with van der Waals surface area (Å²) in [6, 6.07) is 11.2. The van der Waals surface area contributed by atoms with E-state index in [0.29, 0.717) is 5.56 Å².